The van der Waals surface area contributed by atoms with E-state index < -0.39 is 6.09 Å². The topological polar surface area (TPSA) is 67.4 Å². The van der Waals surface area contributed by atoms with Crippen molar-refractivity contribution in [1.82, 2.24) is 5.32 Å². The Kier molecular flexibility index (Phi) is 6.37. The summed E-state index contributed by atoms with van der Waals surface area (Å²) in [4.78, 5) is 25.0. The summed E-state index contributed by atoms with van der Waals surface area (Å²) in [5.74, 6) is 0.155. The molecule has 2 N–H and O–H groups in total. The van der Waals surface area contributed by atoms with Crippen molar-refractivity contribution in [3.8, 4) is 0 Å². The Bertz CT molecular complexity index is 666. The Balaban J connectivity index is 2.02. The molecular weight excluding hydrogens is 324 g/mol. The number of carbonyl (C=O) groups excluding carboxylic acids is 2. The third kappa shape index (κ3) is 4.83. The summed E-state index contributed by atoms with van der Waals surface area (Å²) in [6.07, 6.45) is -0.507. The molecule has 24 heavy (non-hydrogen) atoms. The van der Waals surface area contributed by atoms with Crippen molar-refractivity contribution in [1.29, 1.82) is 0 Å². The van der Waals surface area contributed by atoms with E-state index in [2.05, 4.69) is 24.5 Å². The quantitative estimate of drug-likeness (QED) is 0.812. The van der Waals surface area contributed by atoms with Crippen LogP contribution in [0.3, 0.4) is 0 Å². The molecule has 128 valence electrons. The number of rotatable bonds is 6. The molecule has 0 unspecified atom stereocenters. The molecule has 2 amide bonds. The normalized spacial score (nSPS) is 11.8. The number of nitrogens with one attached hydrogen (secondary N) is 2. The lowest BCUT2D eigenvalue weighted by atomic mass is 10.0. The highest BCUT2D eigenvalue weighted by Crippen LogP contribution is 2.26. The van der Waals surface area contributed by atoms with E-state index in [9.17, 15) is 9.59 Å². The zero-order valence-electron chi connectivity index (χ0n) is 14.0. The smallest absolute Gasteiger partial charge is 0.411 e. The molecule has 6 heteroatoms. The number of benzene rings is 1. The van der Waals surface area contributed by atoms with Gasteiger partial charge in [0.2, 0.25) is 0 Å². The van der Waals surface area contributed by atoms with E-state index >= 15 is 0 Å². The summed E-state index contributed by atoms with van der Waals surface area (Å²) in [6.45, 7) is 6.21. The second-order valence-electron chi connectivity index (χ2n) is 5.63. The van der Waals surface area contributed by atoms with E-state index in [4.69, 9.17) is 4.74 Å². The van der Waals surface area contributed by atoms with Gasteiger partial charge in [0.05, 0.1) is 12.6 Å². The number of amides is 2. The standard InChI is InChI=1S/C18H22N2O3S/c1-4-23-18(22)19-14-9-7-13(8-10-14)17(21)20-16(12(2)3)15-6-5-11-24-15/h5-12,16H,4H2,1-3H3,(H,19,22)(H,20,21)/t16-/m0/s1. The van der Waals surface area contributed by atoms with Crippen LogP contribution in [0.25, 0.3) is 0 Å². The fourth-order valence-corrected chi connectivity index (χ4v) is 3.20. The molecule has 0 spiro atoms. The first kappa shape index (κ1) is 18.0. The van der Waals surface area contributed by atoms with E-state index in [0.29, 0.717) is 17.9 Å². The second-order valence-corrected chi connectivity index (χ2v) is 6.61. The Morgan fingerprint density at radius 1 is 1.17 bits per heavy atom. The molecule has 1 heterocycles. The zero-order valence-corrected chi connectivity index (χ0v) is 14.9. The molecule has 1 atom stereocenters. The maximum atomic E-state index is 12.5. The SMILES string of the molecule is CCOC(=O)Nc1ccc(C(=O)N[C@H](c2cccs2)C(C)C)cc1. The summed E-state index contributed by atoms with van der Waals surface area (Å²) >= 11 is 1.63. The van der Waals surface area contributed by atoms with Gasteiger partial charge in [-0.1, -0.05) is 19.9 Å². The average Bonchev–Trinajstić information content (AvgIpc) is 3.07. The number of carbonyl (C=O) groups is 2. The highest BCUT2D eigenvalue weighted by molar-refractivity contribution is 7.10. The lowest BCUT2D eigenvalue weighted by molar-refractivity contribution is 0.0926. The number of anilines is 1. The Morgan fingerprint density at radius 3 is 2.42 bits per heavy atom. The van der Waals surface area contributed by atoms with E-state index in [-0.39, 0.29) is 17.9 Å². The maximum absolute atomic E-state index is 12.5. The van der Waals surface area contributed by atoms with Gasteiger partial charge in [-0.2, -0.15) is 0 Å². The van der Waals surface area contributed by atoms with Gasteiger partial charge in [-0.25, -0.2) is 4.79 Å². The van der Waals surface area contributed by atoms with Crippen molar-refractivity contribution >= 4 is 29.0 Å². The summed E-state index contributed by atoms with van der Waals surface area (Å²) in [5, 5.41) is 7.68. The third-order valence-corrected chi connectivity index (χ3v) is 4.43. The van der Waals surface area contributed by atoms with Crippen molar-refractivity contribution in [2.75, 3.05) is 11.9 Å². The van der Waals surface area contributed by atoms with E-state index in [1.54, 1.807) is 42.5 Å². The lowest BCUT2D eigenvalue weighted by Gasteiger charge is -2.21. The van der Waals surface area contributed by atoms with E-state index in [0.717, 1.165) is 4.88 Å². The van der Waals surface area contributed by atoms with Crippen molar-refractivity contribution in [3.05, 3.63) is 52.2 Å². The molecule has 0 radical (unpaired) electrons. The van der Waals surface area contributed by atoms with Gasteiger partial charge in [0.15, 0.2) is 0 Å². The van der Waals surface area contributed by atoms with Crippen LogP contribution in [0, 0.1) is 5.92 Å². The predicted molar refractivity (Wildman–Crippen MR) is 96.5 cm³/mol. The number of thiophene rings is 1. The number of hydrogen-bond acceptors (Lipinski definition) is 4. The molecule has 0 saturated heterocycles. The molecule has 2 rings (SSSR count). The number of hydrogen-bond donors (Lipinski definition) is 2. The van der Waals surface area contributed by atoms with Gasteiger partial charge < -0.3 is 10.1 Å². The molecule has 0 bridgehead atoms. The van der Waals surface area contributed by atoms with Crippen LogP contribution in [0.1, 0.15) is 42.0 Å². The van der Waals surface area contributed by atoms with Crippen LogP contribution in [0.15, 0.2) is 41.8 Å². The van der Waals surface area contributed by atoms with Crippen LogP contribution in [0.5, 0.6) is 0 Å². The van der Waals surface area contributed by atoms with Crippen molar-refractivity contribution < 1.29 is 14.3 Å². The highest BCUT2D eigenvalue weighted by Gasteiger charge is 2.20. The van der Waals surface area contributed by atoms with Gasteiger partial charge in [-0.15, -0.1) is 11.3 Å². The maximum Gasteiger partial charge on any atom is 0.411 e. The molecule has 0 aliphatic heterocycles. The monoisotopic (exact) mass is 346 g/mol. The van der Waals surface area contributed by atoms with Crippen molar-refractivity contribution in [3.63, 3.8) is 0 Å². The predicted octanol–water partition coefficient (Wildman–Crippen LogP) is 4.44. The first-order chi connectivity index (χ1) is 11.5. The van der Waals surface area contributed by atoms with Crippen molar-refractivity contribution in [2.45, 2.75) is 26.8 Å². The van der Waals surface area contributed by atoms with E-state index in [1.807, 2.05) is 17.5 Å². The van der Waals surface area contributed by atoms with Crippen LogP contribution in [0.2, 0.25) is 0 Å². The molecule has 1 aromatic heterocycles. The molecule has 0 aliphatic carbocycles. The van der Waals surface area contributed by atoms with Crippen LogP contribution in [-0.2, 0) is 4.74 Å². The zero-order chi connectivity index (χ0) is 17.5. The summed E-state index contributed by atoms with van der Waals surface area (Å²) in [5.41, 5.74) is 1.13. The summed E-state index contributed by atoms with van der Waals surface area (Å²) in [6, 6.07) is 10.7. The molecule has 1 aromatic carbocycles. The van der Waals surface area contributed by atoms with Gasteiger partial charge >= 0.3 is 6.09 Å². The molecule has 2 aromatic rings. The van der Waals surface area contributed by atoms with E-state index in [1.165, 1.54) is 0 Å². The van der Waals surface area contributed by atoms with Gasteiger partial charge in [-0.3, -0.25) is 10.1 Å². The Hall–Kier alpha value is -2.34. The summed E-state index contributed by atoms with van der Waals surface area (Å²) < 4.78 is 4.82. The Labute approximate surface area is 146 Å². The average molecular weight is 346 g/mol. The van der Waals surface area contributed by atoms with Crippen LogP contribution in [-0.4, -0.2) is 18.6 Å². The largest absolute Gasteiger partial charge is 0.450 e. The minimum absolute atomic E-state index is 0.0187. The fraction of sp³-hybridized carbons (Fsp3) is 0.333. The molecule has 5 nitrogen and oxygen atoms in total. The molecular formula is C18H22N2O3S. The molecule has 0 saturated carbocycles. The van der Waals surface area contributed by atoms with Gasteiger partial charge in [0, 0.05) is 16.1 Å². The fourth-order valence-electron chi connectivity index (χ4n) is 2.25. The first-order valence-electron chi connectivity index (χ1n) is 7.89. The molecule has 0 fully saturated rings. The van der Waals surface area contributed by atoms with Gasteiger partial charge in [-0.05, 0) is 48.6 Å². The Morgan fingerprint density at radius 2 is 1.88 bits per heavy atom. The lowest BCUT2D eigenvalue weighted by Crippen LogP contribution is -2.31. The van der Waals surface area contributed by atoms with Gasteiger partial charge in [0.1, 0.15) is 0 Å². The third-order valence-electron chi connectivity index (χ3n) is 3.47. The highest BCUT2D eigenvalue weighted by atomic mass is 32.1. The van der Waals surface area contributed by atoms with Crippen LogP contribution >= 0.6 is 11.3 Å². The minimum Gasteiger partial charge on any atom is -0.450 e. The first-order valence-corrected chi connectivity index (χ1v) is 8.77. The minimum atomic E-state index is -0.507. The van der Waals surface area contributed by atoms with Crippen LogP contribution in [0.4, 0.5) is 10.5 Å². The van der Waals surface area contributed by atoms with Gasteiger partial charge in [0.25, 0.3) is 5.91 Å². The molecule has 0 aliphatic rings. The number of ether oxygens (including phenoxy) is 1. The van der Waals surface area contributed by atoms with Crippen LogP contribution < -0.4 is 10.6 Å². The second kappa shape index (κ2) is 8.49. The summed E-state index contributed by atoms with van der Waals surface area (Å²) in [7, 11) is 0. The van der Waals surface area contributed by atoms with Crippen molar-refractivity contribution in [2.24, 2.45) is 5.92 Å².